The van der Waals surface area contributed by atoms with Gasteiger partial charge < -0.3 is 19.1 Å². The molecule has 0 spiro atoms. The first-order valence-electron chi connectivity index (χ1n) is 8.97. The van der Waals surface area contributed by atoms with E-state index in [4.69, 9.17) is 14.2 Å². The van der Waals surface area contributed by atoms with Gasteiger partial charge in [-0.25, -0.2) is 4.79 Å². The van der Waals surface area contributed by atoms with E-state index in [1.54, 1.807) is 12.0 Å². The van der Waals surface area contributed by atoms with Crippen LogP contribution in [0.25, 0.3) is 0 Å². The van der Waals surface area contributed by atoms with Crippen LogP contribution in [-0.4, -0.2) is 43.9 Å². The van der Waals surface area contributed by atoms with Crippen LogP contribution in [-0.2, 0) is 4.74 Å². The molecule has 5 heteroatoms. The maximum Gasteiger partial charge on any atom is 0.409 e. The molecule has 1 aromatic rings. The van der Waals surface area contributed by atoms with Gasteiger partial charge in [0.1, 0.15) is 0 Å². The summed E-state index contributed by atoms with van der Waals surface area (Å²) in [5.41, 5.74) is 1.20. The van der Waals surface area contributed by atoms with Gasteiger partial charge in [0.25, 0.3) is 0 Å². The summed E-state index contributed by atoms with van der Waals surface area (Å²) >= 11 is 0. The number of hydrogen-bond acceptors (Lipinski definition) is 4. The van der Waals surface area contributed by atoms with Gasteiger partial charge in [0.15, 0.2) is 11.5 Å². The van der Waals surface area contributed by atoms with E-state index in [0.717, 1.165) is 37.3 Å². The zero-order valence-corrected chi connectivity index (χ0v) is 14.6. The minimum atomic E-state index is -0.212. The number of likely N-dealkylation sites (tertiary alicyclic amines) is 1. The van der Waals surface area contributed by atoms with E-state index < -0.39 is 0 Å². The third kappa shape index (κ3) is 3.77. The Balaban J connectivity index is 1.70. The molecular weight excluding hydrogens is 306 g/mol. The number of benzene rings is 1. The lowest BCUT2D eigenvalue weighted by atomic mass is 9.98. The normalized spacial score (nSPS) is 21.1. The van der Waals surface area contributed by atoms with Crippen molar-refractivity contribution in [1.29, 1.82) is 0 Å². The standard InChI is InChI=1S/C19H27NO4/c1-3-23-19(21)20-11-10-15(13-20)14-8-9-17(22-2)18(12-14)24-16-6-4-5-7-16/h8-9,12,15-16H,3-7,10-11,13H2,1-2H3. The van der Waals surface area contributed by atoms with Crippen LogP contribution >= 0.6 is 0 Å². The molecule has 1 unspecified atom stereocenters. The molecule has 3 rings (SSSR count). The molecule has 1 heterocycles. The van der Waals surface area contributed by atoms with Gasteiger partial charge in [-0.05, 0) is 56.7 Å². The molecule has 1 aliphatic heterocycles. The summed E-state index contributed by atoms with van der Waals surface area (Å²) in [7, 11) is 1.68. The summed E-state index contributed by atoms with van der Waals surface area (Å²) in [6.45, 7) is 3.70. The van der Waals surface area contributed by atoms with Crippen molar-refractivity contribution in [3.8, 4) is 11.5 Å². The smallest absolute Gasteiger partial charge is 0.409 e. The van der Waals surface area contributed by atoms with Crippen molar-refractivity contribution in [3.05, 3.63) is 23.8 Å². The summed E-state index contributed by atoms with van der Waals surface area (Å²) in [5, 5.41) is 0. The molecule has 1 saturated carbocycles. The van der Waals surface area contributed by atoms with Crippen LogP contribution in [0.3, 0.4) is 0 Å². The van der Waals surface area contributed by atoms with Crippen LogP contribution in [0, 0.1) is 0 Å². The van der Waals surface area contributed by atoms with Gasteiger partial charge in [0.05, 0.1) is 19.8 Å². The van der Waals surface area contributed by atoms with Gasteiger partial charge in [0.2, 0.25) is 0 Å². The zero-order valence-electron chi connectivity index (χ0n) is 14.6. The van der Waals surface area contributed by atoms with E-state index in [0.29, 0.717) is 25.2 Å². The topological polar surface area (TPSA) is 48.0 Å². The van der Waals surface area contributed by atoms with E-state index in [9.17, 15) is 4.79 Å². The molecule has 132 valence electrons. The average molecular weight is 333 g/mol. The predicted molar refractivity (Wildman–Crippen MR) is 91.8 cm³/mol. The fourth-order valence-electron chi connectivity index (χ4n) is 3.64. The highest BCUT2D eigenvalue weighted by molar-refractivity contribution is 5.68. The Bertz CT molecular complexity index is 568. The molecule has 1 saturated heterocycles. The average Bonchev–Trinajstić information content (AvgIpc) is 3.27. The Morgan fingerprint density at radius 3 is 2.71 bits per heavy atom. The zero-order chi connectivity index (χ0) is 16.9. The summed E-state index contributed by atoms with van der Waals surface area (Å²) in [6.07, 6.45) is 5.76. The molecule has 0 aromatic heterocycles. The van der Waals surface area contributed by atoms with Crippen molar-refractivity contribution >= 4 is 6.09 Å². The van der Waals surface area contributed by atoms with Crippen LogP contribution in [0.5, 0.6) is 11.5 Å². The monoisotopic (exact) mass is 333 g/mol. The molecule has 1 atom stereocenters. The maximum absolute atomic E-state index is 11.9. The number of amides is 1. The summed E-state index contributed by atoms with van der Waals surface area (Å²) < 4.78 is 16.7. The third-order valence-corrected chi connectivity index (χ3v) is 4.97. The highest BCUT2D eigenvalue weighted by atomic mass is 16.6. The second kappa shape index (κ2) is 7.77. The third-order valence-electron chi connectivity index (χ3n) is 4.97. The quantitative estimate of drug-likeness (QED) is 0.818. The minimum Gasteiger partial charge on any atom is -0.493 e. The van der Waals surface area contributed by atoms with Crippen molar-refractivity contribution in [2.45, 2.75) is 51.0 Å². The predicted octanol–water partition coefficient (Wildman–Crippen LogP) is 3.96. The molecule has 0 N–H and O–H groups in total. The molecule has 1 aliphatic carbocycles. The van der Waals surface area contributed by atoms with Crippen LogP contribution < -0.4 is 9.47 Å². The van der Waals surface area contributed by atoms with Gasteiger partial charge in [-0.2, -0.15) is 0 Å². The van der Waals surface area contributed by atoms with E-state index in [1.807, 2.05) is 13.0 Å². The second-order valence-electron chi connectivity index (χ2n) is 6.57. The number of nitrogens with zero attached hydrogens (tertiary/aromatic N) is 1. The fourth-order valence-corrected chi connectivity index (χ4v) is 3.64. The Hall–Kier alpha value is -1.91. The number of rotatable bonds is 5. The number of carbonyl (C=O) groups excluding carboxylic acids is 1. The minimum absolute atomic E-state index is 0.212. The fraction of sp³-hybridized carbons (Fsp3) is 0.632. The van der Waals surface area contributed by atoms with Crippen molar-refractivity contribution in [1.82, 2.24) is 4.90 Å². The van der Waals surface area contributed by atoms with Gasteiger partial charge in [-0.1, -0.05) is 6.07 Å². The lowest BCUT2D eigenvalue weighted by Crippen LogP contribution is -2.29. The number of ether oxygens (including phenoxy) is 3. The summed E-state index contributed by atoms with van der Waals surface area (Å²) in [6, 6.07) is 6.16. The largest absolute Gasteiger partial charge is 0.493 e. The van der Waals surface area contributed by atoms with Gasteiger partial charge >= 0.3 is 6.09 Å². The van der Waals surface area contributed by atoms with Crippen molar-refractivity contribution < 1.29 is 19.0 Å². The summed E-state index contributed by atoms with van der Waals surface area (Å²) in [4.78, 5) is 13.7. The molecule has 1 aromatic carbocycles. The van der Waals surface area contributed by atoms with E-state index in [-0.39, 0.29) is 6.09 Å². The number of carbonyl (C=O) groups is 1. The van der Waals surface area contributed by atoms with E-state index in [2.05, 4.69) is 12.1 Å². The van der Waals surface area contributed by atoms with Crippen LogP contribution in [0.2, 0.25) is 0 Å². The van der Waals surface area contributed by atoms with Crippen molar-refractivity contribution in [2.75, 3.05) is 26.8 Å². The molecule has 5 nitrogen and oxygen atoms in total. The lowest BCUT2D eigenvalue weighted by molar-refractivity contribution is 0.115. The lowest BCUT2D eigenvalue weighted by Gasteiger charge is -2.19. The molecule has 2 aliphatic rings. The Kier molecular flexibility index (Phi) is 5.48. The van der Waals surface area contributed by atoms with Crippen molar-refractivity contribution in [3.63, 3.8) is 0 Å². The van der Waals surface area contributed by atoms with Crippen LogP contribution in [0.1, 0.15) is 50.5 Å². The van der Waals surface area contributed by atoms with E-state index in [1.165, 1.54) is 18.4 Å². The Morgan fingerprint density at radius 1 is 1.21 bits per heavy atom. The van der Waals surface area contributed by atoms with Gasteiger partial charge in [-0.15, -0.1) is 0 Å². The van der Waals surface area contributed by atoms with Gasteiger partial charge in [-0.3, -0.25) is 0 Å². The number of hydrogen-bond donors (Lipinski definition) is 0. The summed E-state index contributed by atoms with van der Waals surface area (Å²) in [5.74, 6) is 1.94. The van der Waals surface area contributed by atoms with Crippen molar-refractivity contribution in [2.24, 2.45) is 0 Å². The molecular formula is C19H27NO4. The Labute approximate surface area is 143 Å². The molecule has 2 fully saturated rings. The second-order valence-corrected chi connectivity index (χ2v) is 6.57. The maximum atomic E-state index is 11.9. The highest BCUT2D eigenvalue weighted by Crippen LogP contribution is 2.36. The first-order valence-corrected chi connectivity index (χ1v) is 8.97. The molecule has 1 amide bonds. The van der Waals surface area contributed by atoms with Gasteiger partial charge in [0, 0.05) is 19.0 Å². The highest BCUT2D eigenvalue weighted by Gasteiger charge is 2.29. The molecule has 0 radical (unpaired) electrons. The first-order chi connectivity index (χ1) is 11.7. The molecule has 24 heavy (non-hydrogen) atoms. The first kappa shape index (κ1) is 16.9. The van der Waals surface area contributed by atoms with Crippen LogP contribution in [0.15, 0.2) is 18.2 Å². The van der Waals surface area contributed by atoms with E-state index >= 15 is 0 Å². The number of methoxy groups -OCH3 is 1. The van der Waals surface area contributed by atoms with Crippen LogP contribution in [0.4, 0.5) is 4.79 Å². The Morgan fingerprint density at radius 2 is 2.00 bits per heavy atom. The molecule has 0 bridgehead atoms. The SMILES string of the molecule is CCOC(=O)N1CCC(c2ccc(OC)c(OC3CCCC3)c2)C1.